The highest BCUT2D eigenvalue weighted by atomic mass is 19.1. The minimum absolute atomic E-state index is 0.174. The summed E-state index contributed by atoms with van der Waals surface area (Å²) >= 11 is 0. The molecule has 1 aliphatic carbocycles. The van der Waals surface area contributed by atoms with E-state index in [-0.39, 0.29) is 17.2 Å². The van der Waals surface area contributed by atoms with Crippen LogP contribution < -0.4 is 21.6 Å². The van der Waals surface area contributed by atoms with Crippen LogP contribution in [0.5, 0.6) is 0 Å². The van der Waals surface area contributed by atoms with E-state index in [1.165, 1.54) is 6.20 Å². The second-order valence-corrected chi connectivity index (χ2v) is 12.3. The first-order valence-electron chi connectivity index (χ1n) is 14.1. The largest absolute Gasteiger partial charge is 0.390 e. The number of nitrogens with zero attached hydrogens (tertiary/aromatic N) is 6. The zero-order valence-corrected chi connectivity index (χ0v) is 24.4. The third-order valence-corrected chi connectivity index (χ3v) is 8.66. The van der Waals surface area contributed by atoms with Crippen molar-refractivity contribution < 1.29 is 9.50 Å². The molecule has 1 saturated carbocycles. The summed E-state index contributed by atoms with van der Waals surface area (Å²) in [5.74, 6) is -0.0261. The summed E-state index contributed by atoms with van der Waals surface area (Å²) in [6, 6.07) is 7.64. The number of fused-ring (bicyclic) bond motifs is 1. The van der Waals surface area contributed by atoms with E-state index < -0.39 is 22.7 Å². The van der Waals surface area contributed by atoms with Crippen LogP contribution in [0.2, 0.25) is 0 Å². The zero-order chi connectivity index (χ0) is 29.7. The molecule has 0 amide bonds. The number of halogens is 1. The molecule has 2 aromatic heterocycles. The van der Waals surface area contributed by atoms with Crippen LogP contribution in [-0.2, 0) is 13.6 Å². The maximum absolute atomic E-state index is 16.3. The molecule has 4 N–H and O–H groups in total. The van der Waals surface area contributed by atoms with Crippen molar-refractivity contribution in [1.82, 2.24) is 19.1 Å². The summed E-state index contributed by atoms with van der Waals surface area (Å²) in [6.45, 7) is 8.27. The number of aromatic nitrogens is 4. The number of hydrogen-bond donors (Lipinski definition) is 3. The number of alkyl halides is 1. The third kappa shape index (κ3) is 5.34. The lowest BCUT2D eigenvalue weighted by atomic mass is 9.71. The fraction of sp³-hybridized carbons (Fsp3) is 0.533. The molecular weight excluding hydrogens is 523 g/mol. The van der Waals surface area contributed by atoms with Crippen molar-refractivity contribution in [1.29, 1.82) is 5.26 Å². The van der Waals surface area contributed by atoms with E-state index in [4.69, 9.17) is 10.7 Å². The molecule has 0 spiro atoms. The van der Waals surface area contributed by atoms with Gasteiger partial charge in [-0.15, -0.1) is 0 Å². The number of nitrogens with two attached hydrogens (primary N) is 1. The van der Waals surface area contributed by atoms with Crippen molar-refractivity contribution in [2.75, 3.05) is 23.3 Å². The van der Waals surface area contributed by atoms with E-state index in [0.29, 0.717) is 49.0 Å². The first-order chi connectivity index (χ1) is 19.3. The van der Waals surface area contributed by atoms with Crippen LogP contribution in [0.1, 0.15) is 52.5 Å². The van der Waals surface area contributed by atoms with Crippen molar-refractivity contribution in [2.45, 2.75) is 70.3 Å². The Balaban J connectivity index is 1.47. The summed E-state index contributed by atoms with van der Waals surface area (Å²) in [5.41, 5.74) is 5.77. The molecule has 1 aliphatic heterocycles. The van der Waals surface area contributed by atoms with E-state index >= 15 is 4.39 Å². The highest BCUT2D eigenvalue weighted by Crippen LogP contribution is 2.51. The third-order valence-electron chi connectivity index (χ3n) is 8.66. The number of benzene rings is 1. The number of imidazole rings is 1. The van der Waals surface area contributed by atoms with Gasteiger partial charge in [-0.05, 0) is 58.2 Å². The molecule has 2 aliphatic rings. The van der Waals surface area contributed by atoms with Gasteiger partial charge in [-0.3, -0.25) is 9.13 Å². The van der Waals surface area contributed by atoms with Crippen molar-refractivity contribution >= 4 is 28.5 Å². The van der Waals surface area contributed by atoms with Crippen molar-refractivity contribution in [3.05, 3.63) is 52.6 Å². The quantitative estimate of drug-likeness (QED) is 0.353. The van der Waals surface area contributed by atoms with Gasteiger partial charge >= 0.3 is 5.69 Å². The van der Waals surface area contributed by atoms with Crippen LogP contribution >= 0.6 is 0 Å². The molecule has 10 nitrogen and oxygen atoms in total. The van der Waals surface area contributed by atoms with Gasteiger partial charge in [0.25, 0.3) is 0 Å². The van der Waals surface area contributed by atoms with E-state index in [1.54, 1.807) is 42.2 Å². The summed E-state index contributed by atoms with van der Waals surface area (Å²) in [5, 5.41) is 23.2. The molecule has 3 heterocycles. The lowest BCUT2D eigenvalue weighted by molar-refractivity contribution is 0.0364. The summed E-state index contributed by atoms with van der Waals surface area (Å²) < 4.78 is 19.5. The molecule has 11 heteroatoms. The van der Waals surface area contributed by atoms with Crippen molar-refractivity contribution in [2.24, 2.45) is 24.6 Å². The van der Waals surface area contributed by atoms with E-state index in [2.05, 4.69) is 16.4 Å². The number of rotatable bonds is 8. The first kappa shape index (κ1) is 28.8. The molecule has 2 fully saturated rings. The fourth-order valence-electron chi connectivity index (χ4n) is 5.99. The average Bonchev–Trinajstić information content (AvgIpc) is 3.62. The second kappa shape index (κ2) is 10.3. The number of aryl methyl sites for hydroxylation is 2. The molecule has 41 heavy (non-hydrogen) atoms. The molecule has 3 unspecified atom stereocenters. The minimum Gasteiger partial charge on any atom is -0.390 e. The van der Waals surface area contributed by atoms with Gasteiger partial charge in [-0.2, -0.15) is 10.2 Å². The number of hydrogen-bond acceptors (Lipinski definition) is 8. The molecule has 3 atom stereocenters. The first-order valence-corrected chi connectivity index (χ1v) is 14.1. The Morgan fingerprint density at radius 1 is 1.32 bits per heavy atom. The summed E-state index contributed by atoms with van der Waals surface area (Å²) in [7, 11) is 1.71. The Hall–Kier alpha value is -3.75. The lowest BCUT2D eigenvalue weighted by Crippen LogP contribution is -2.60. The predicted octanol–water partition coefficient (Wildman–Crippen LogP) is 3.75. The number of nitriles is 1. The Morgan fingerprint density at radius 3 is 2.68 bits per heavy atom. The monoisotopic (exact) mass is 562 g/mol. The van der Waals surface area contributed by atoms with Crippen LogP contribution in [0, 0.1) is 23.2 Å². The molecule has 1 aromatic carbocycles. The molecular formula is C30H39FN8O2. The van der Waals surface area contributed by atoms with Crippen LogP contribution in [0.4, 0.5) is 21.8 Å². The smallest absolute Gasteiger partial charge is 0.328 e. The standard InChI is InChI=1S/C30H39FN8O2/c1-6-9-30(31)19(2)17-38(18-24(30)29(33)10-11-29)26-34-16-20(15-32)25(36-26)35-21-7-8-22-23(14-21)39(27(40)37(22)5)13-12-28(3,4)41/h6-9,14,16,19,24,41H,10-13,17-18,33H2,1-5H3,(H,34,35,36)/b9-6+. The van der Waals surface area contributed by atoms with Crippen LogP contribution in [-0.4, -0.2) is 54.1 Å². The maximum atomic E-state index is 16.3. The Bertz CT molecular complexity index is 1590. The van der Waals surface area contributed by atoms with Gasteiger partial charge < -0.3 is 21.1 Å². The van der Waals surface area contributed by atoms with Gasteiger partial charge in [0, 0.05) is 49.7 Å². The topological polar surface area (TPSA) is 138 Å². The average molecular weight is 563 g/mol. The van der Waals surface area contributed by atoms with Crippen molar-refractivity contribution in [3.8, 4) is 6.07 Å². The normalized spacial score (nSPS) is 24.1. The van der Waals surface area contributed by atoms with E-state index in [1.807, 2.05) is 36.9 Å². The number of anilines is 3. The van der Waals surface area contributed by atoms with Gasteiger partial charge in [-0.1, -0.05) is 19.1 Å². The Kier molecular flexibility index (Phi) is 7.20. The molecule has 218 valence electrons. The molecule has 1 saturated heterocycles. The Morgan fingerprint density at radius 2 is 2.05 bits per heavy atom. The van der Waals surface area contributed by atoms with Crippen LogP contribution in [0.25, 0.3) is 11.0 Å². The van der Waals surface area contributed by atoms with Gasteiger partial charge in [-0.25, -0.2) is 14.2 Å². The summed E-state index contributed by atoms with van der Waals surface area (Å²) in [6.07, 6.45) is 6.86. The highest BCUT2D eigenvalue weighted by molar-refractivity contribution is 5.81. The molecule has 5 rings (SSSR count). The van der Waals surface area contributed by atoms with Crippen molar-refractivity contribution in [3.63, 3.8) is 0 Å². The fourth-order valence-corrected chi connectivity index (χ4v) is 5.99. The van der Waals surface area contributed by atoms with E-state index in [0.717, 1.165) is 18.4 Å². The minimum atomic E-state index is -1.52. The second-order valence-electron chi connectivity index (χ2n) is 12.3. The van der Waals surface area contributed by atoms with Crippen LogP contribution in [0.15, 0.2) is 41.3 Å². The number of aliphatic hydroxyl groups is 1. The van der Waals surface area contributed by atoms with Gasteiger partial charge in [0.2, 0.25) is 5.95 Å². The van der Waals surface area contributed by atoms with Gasteiger partial charge in [0.15, 0.2) is 5.82 Å². The van der Waals surface area contributed by atoms with Gasteiger partial charge in [0.1, 0.15) is 17.3 Å². The van der Waals surface area contributed by atoms with E-state index in [9.17, 15) is 15.2 Å². The molecule has 0 radical (unpaired) electrons. The maximum Gasteiger partial charge on any atom is 0.328 e. The van der Waals surface area contributed by atoms with Crippen LogP contribution in [0.3, 0.4) is 0 Å². The summed E-state index contributed by atoms with van der Waals surface area (Å²) in [4.78, 5) is 24.1. The number of allylic oxidation sites excluding steroid dienone is 2. The highest BCUT2D eigenvalue weighted by Gasteiger charge is 2.59. The predicted molar refractivity (Wildman–Crippen MR) is 158 cm³/mol. The Labute approximate surface area is 239 Å². The van der Waals surface area contributed by atoms with Gasteiger partial charge in [0.05, 0.1) is 22.8 Å². The lowest BCUT2D eigenvalue weighted by Gasteiger charge is -2.48. The number of piperidine rings is 1. The number of nitrogens with one attached hydrogen (secondary N) is 1. The molecule has 3 aromatic rings. The molecule has 0 bridgehead atoms. The SMILES string of the molecule is C/C=C/C1(F)C(C)CN(c2ncc(C#N)c(Nc3ccc4c(c3)n(CCC(C)(C)O)c(=O)n4C)n2)CC1C1(N)CC1. The zero-order valence-electron chi connectivity index (χ0n) is 24.4.